The summed E-state index contributed by atoms with van der Waals surface area (Å²) < 4.78 is 0. The quantitative estimate of drug-likeness (QED) is 0.331. The zero-order chi connectivity index (χ0) is 11.1. The molecule has 0 fully saturated rings. The van der Waals surface area contributed by atoms with Gasteiger partial charge in [0.25, 0.3) is 0 Å². The van der Waals surface area contributed by atoms with Crippen LogP contribution in [0, 0.1) is 0 Å². The first kappa shape index (κ1) is 12.0. The van der Waals surface area contributed by atoms with Gasteiger partial charge in [-0.15, -0.1) is 0 Å². The summed E-state index contributed by atoms with van der Waals surface area (Å²) in [6.07, 6.45) is -0.403. The second-order valence-electron chi connectivity index (χ2n) is 2.38. The lowest BCUT2D eigenvalue weighted by Crippen LogP contribution is -2.26. The highest BCUT2D eigenvalue weighted by Crippen LogP contribution is 1.92. The smallest absolute Gasteiger partial charge is 0.163 e. The molecule has 76 valence electrons. The summed E-state index contributed by atoms with van der Waals surface area (Å²) in [6, 6.07) is 0. The van der Waals surface area contributed by atoms with Crippen LogP contribution in [0.4, 0.5) is 0 Å². The molecule has 0 aromatic heterocycles. The first-order chi connectivity index (χ1) is 6.41. The minimum Gasteiger partial charge on any atom is -0.550 e. The molecule has 6 heteroatoms. The van der Waals surface area contributed by atoms with Gasteiger partial charge in [-0.2, -0.15) is 0 Å². The molecule has 0 bridgehead atoms. The van der Waals surface area contributed by atoms with E-state index in [1.54, 1.807) is 0 Å². The number of carboxylic acid groups (broad SMARTS) is 2. The van der Waals surface area contributed by atoms with Gasteiger partial charge >= 0.3 is 0 Å². The van der Waals surface area contributed by atoms with Crippen LogP contribution in [0.2, 0.25) is 0 Å². The third kappa shape index (κ3) is 6.71. The van der Waals surface area contributed by atoms with Gasteiger partial charge < -0.3 is 19.8 Å². The largest absolute Gasteiger partial charge is 0.550 e. The van der Waals surface area contributed by atoms with E-state index in [9.17, 15) is 29.4 Å². The lowest BCUT2D eigenvalue weighted by Gasteiger charge is -1.98. The van der Waals surface area contributed by atoms with E-state index in [0.29, 0.717) is 12.2 Å². The van der Waals surface area contributed by atoms with Crippen molar-refractivity contribution in [3.8, 4) is 0 Å². The zero-order valence-corrected chi connectivity index (χ0v) is 7.02. The standard InChI is InChI=1S/C8H8O6/c9-5(1-2-7(11)12)3-6(10)4-8(13)14/h1-2H,3-4H2,(H,11,12)(H,13,14)/p-2/b2-1-. The lowest BCUT2D eigenvalue weighted by molar-refractivity contribution is -0.304. The maximum Gasteiger partial charge on any atom is 0.163 e. The minimum absolute atomic E-state index is 0.467. The summed E-state index contributed by atoms with van der Waals surface area (Å²) in [6.45, 7) is 0. The van der Waals surface area contributed by atoms with Crippen molar-refractivity contribution in [3.05, 3.63) is 12.2 Å². The molecule has 0 N–H and O–H groups in total. The average molecular weight is 198 g/mol. The molecule has 0 saturated carbocycles. The fourth-order valence-electron chi connectivity index (χ4n) is 0.638. The Morgan fingerprint density at radius 3 is 1.93 bits per heavy atom. The Labute approximate surface area is 78.8 Å². The Balaban J connectivity index is 4.01. The molecule has 6 nitrogen and oxygen atoms in total. The third-order valence-electron chi connectivity index (χ3n) is 1.12. The summed E-state index contributed by atoms with van der Waals surface area (Å²) in [4.78, 5) is 41.1. The number of aliphatic carboxylic acids is 2. The molecule has 0 unspecified atom stereocenters. The van der Waals surface area contributed by atoms with Gasteiger partial charge in [-0.3, -0.25) is 9.59 Å². The van der Waals surface area contributed by atoms with Crippen LogP contribution in [0.25, 0.3) is 0 Å². The van der Waals surface area contributed by atoms with Gasteiger partial charge in [0.15, 0.2) is 5.78 Å². The van der Waals surface area contributed by atoms with Crippen LogP contribution >= 0.6 is 0 Å². The van der Waals surface area contributed by atoms with Crippen molar-refractivity contribution in [2.24, 2.45) is 0 Å². The first-order valence-electron chi connectivity index (χ1n) is 3.55. The van der Waals surface area contributed by atoms with Crippen molar-refractivity contribution in [1.29, 1.82) is 0 Å². The van der Waals surface area contributed by atoms with Crippen molar-refractivity contribution in [2.75, 3.05) is 0 Å². The van der Waals surface area contributed by atoms with Crippen LogP contribution in [-0.2, 0) is 19.2 Å². The van der Waals surface area contributed by atoms with Crippen LogP contribution in [0.1, 0.15) is 12.8 Å². The van der Waals surface area contributed by atoms with Crippen LogP contribution < -0.4 is 10.2 Å². The molecular formula is C8H6O6-2. The molecule has 0 atom stereocenters. The van der Waals surface area contributed by atoms with E-state index < -0.39 is 36.3 Å². The highest BCUT2D eigenvalue weighted by molar-refractivity contribution is 6.09. The van der Waals surface area contributed by atoms with Crippen molar-refractivity contribution < 1.29 is 29.4 Å². The summed E-state index contributed by atoms with van der Waals surface area (Å²) in [5.41, 5.74) is 0. The Hall–Kier alpha value is -1.98. The van der Waals surface area contributed by atoms with Crippen molar-refractivity contribution in [2.45, 2.75) is 12.8 Å². The maximum atomic E-state index is 10.7. The van der Waals surface area contributed by atoms with E-state index in [0.717, 1.165) is 0 Å². The fraction of sp³-hybridized carbons (Fsp3) is 0.250. The van der Waals surface area contributed by atoms with Crippen LogP contribution in [0.3, 0.4) is 0 Å². The zero-order valence-electron chi connectivity index (χ0n) is 7.02. The molecule has 0 amide bonds. The molecule has 0 aromatic rings. The molecule has 0 saturated heterocycles. The second kappa shape index (κ2) is 5.63. The summed E-state index contributed by atoms with van der Waals surface area (Å²) in [5.74, 6) is -4.77. The molecule has 0 heterocycles. The summed E-state index contributed by atoms with van der Waals surface area (Å²) in [7, 11) is 0. The molecule has 0 aromatic carbocycles. The Kier molecular flexibility index (Phi) is 4.83. The molecular weight excluding hydrogens is 192 g/mol. The van der Waals surface area contributed by atoms with Gasteiger partial charge in [-0.05, 0) is 12.2 Å². The van der Waals surface area contributed by atoms with E-state index in [4.69, 9.17) is 0 Å². The number of carbonyl (C=O) groups is 4. The van der Waals surface area contributed by atoms with Crippen molar-refractivity contribution >= 4 is 23.5 Å². The average Bonchev–Trinajstić information content (AvgIpc) is 1.98. The first-order valence-corrected chi connectivity index (χ1v) is 3.55. The van der Waals surface area contributed by atoms with Crippen molar-refractivity contribution in [1.82, 2.24) is 0 Å². The second-order valence-corrected chi connectivity index (χ2v) is 2.38. The molecule has 0 radical (unpaired) electrons. The number of carbonyl (C=O) groups excluding carboxylic acids is 4. The summed E-state index contributed by atoms with van der Waals surface area (Å²) >= 11 is 0. The predicted octanol–water partition coefficient (Wildman–Crippen LogP) is -3.04. The Bertz CT molecular complexity index is 301. The molecule has 0 aliphatic rings. The van der Waals surface area contributed by atoms with Crippen LogP contribution in [0.5, 0.6) is 0 Å². The molecule has 14 heavy (non-hydrogen) atoms. The number of carboxylic acids is 2. The highest BCUT2D eigenvalue weighted by atomic mass is 16.4. The fourth-order valence-corrected chi connectivity index (χ4v) is 0.638. The third-order valence-corrected chi connectivity index (χ3v) is 1.12. The molecule has 0 spiro atoms. The number of ketones is 2. The van der Waals surface area contributed by atoms with Gasteiger partial charge in [0.05, 0.1) is 12.4 Å². The number of Topliss-reactive ketones (excluding diaryl/α,β-unsaturated/α-hetero) is 1. The van der Waals surface area contributed by atoms with Crippen molar-refractivity contribution in [3.63, 3.8) is 0 Å². The SMILES string of the molecule is O=C([O-])/C=C\C(=O)CC(=O)CC(=O)[O-]. The summed E-state index contributed by atoms with van der Waals surface area (Å²) in [5, 5.41) is 19.7. The topological polar surface area (TPSA) is 114 Å². The monoisotopic (exact) mass is 198 g/mol. The number of allylic oxidation sites excluding steroid dienone is 1. The normalized spacial score (nSPS) is 10.0. The minimum atomic E-state index is -1.58. The van der Waals surface area contributed by atoms with Crippen LogP contribution in [0.15, 0.2) is 12.2 Å². The van der Waals surface area contributed by atoms with Gasteiger partial charge in [-0.25, -0.2) is 0 Å². The van der Waals surface area contributed by atoms with Gasteiger partial charge in [0.1, 0.15) is 5.78 Å². The van der Waals surface area contributed by atoms with Gasteiger partial charge in [0, 0.05) is 12.4 Å². The van der Waals surface area contributed by atoms with Gasteiger partial charge in [-0.1, -0.05) is 0 Å². The highest BCUT2D eigenvalue weighted by Gasteiger charge is 2.06. The maximum absolute atomic E-state index is 10.7. The lowest BCUT2D eigenvalue weighted by atomic mass is 10.1. The number of hydrogen-bond acceptors (Lipinski definition) is 6. The molecule has 0 rings (SSSR count). The van der Waals surface area contributed by atoms with E-state index in [1.165, 1.54) is 0 Å². The van der Waals surface area contributed by atoms with Gasteiger partial charge in [0.2, 0.25) is 0 Å². The van der Waals surface area contributed by atoms with E-state index >= 15 is 0 Å². The molecule has 0 aliphatic carbocycles. The predicted molar refractivity (Wildman–Crippen MR) is 38.4 cm³/mol. The van der Waals surface area contributed by atoms with E-state index in [1.807, 2.05) is 0 Å². The number of rotatable bonds is 6. The number of hydrogen-bond donors (Lipinski definition) is 0. The van der Waals surface area contributed by atoms with E-state index in [2.05, 4.69) is 0 Å². The van der Waals surface area contributed by atoms with Crippen LogP contribution in [-0.4, -0.2) is 23.5 Å². The molecule has 0 aliphatic heterocycles. The Morgan fingerprint density at radius 1 is 0.929 bits per heavy atom. The van der Waals surface area contributed by atoms with E-state index in [-0.39, 0.29) is 0 Å². The Morgan fingerprint density at radius 2 is 1.50 bits per heavy atom.